The van der Waals surface area contributed by atoms with Gasteiger partial charge in [0.2, 0.25) is 5.91 Å². The molecule has 0 spiro atoms. The Kier molecular flexibility index (Phi) is 4.85. The summed E-state index contributed by atoms with van der Waals surface area (Å²) in [6.07, 6.45) is 0. The van der Waals surface area contributed by atoms with Gasteiger partial charge < -0.3 is 15.0 Å². The highest BCUT2D eigenvalue weighted by atomic mass is 32.2. The molecule has 3 aromatic rings. The van der Waals surface area contributed by atoms with Gasteiger partial charge in [0.15, 0.2) is 5.16 Å². The van der Waals surface area contributed by atoms with E-state index in [1.807, 2.05) is 18.2 Å². The number of aromatic nitrogens is 2. The lowest BCUT2D eigenvalue weighted by Gasteiger charge is -2.03. The number of nitro groups is 1. The number of fused-ring (bicyclic) bond motifs is 1. The number of hydrogen-bond acceptors (Lipinski definition) is 6. The SMILES string of the molecule is COc1ccc2nc(SCC(=O)Nc3cccc([N+](=O)[O-])c3)[nH]c2c1. The predicted octanol–water partition coefficient (Wildman–Crippen LogP) is 3.21. The molecule has 1 heterocycles. The summed E-state index contributed by atoms with van der Waals surface area (Å²) in [7, 11) is 1.59. The molecular formula is C16H14N4O4S. The number of nitro benzene ring substituents is 1. The fraction of sp³-hybridized carbons (Fsp3) is 0.125. The first kappa shape index (κ1) is 16.8. The number of thioether (sulfide) groups is 1. The molecule has 0 fully saturated rings. The van der Waals surface area contributed by atoms with E-state index in [0.717, 1.165) is 16.8 Å². The number of aromatic amines is 1. The lowest BCUT2D eigenvalue weighted by Crippen LogP contribution is -2.14. The van der Waals surface area contributed by atoms with E-state index < -0.39 is 4.92 Å². The summed E-state index contributed by atoms with van der Waals surface area (Å²) < 4.78 is 5.16. The molecule has 0 unspecified atom stereocenters. The van der Waals surface area contributed by atoms with E-state index >= 15 is 0 Å². The van der Waals surface area contributed by atoms with Gasteiger partial charge in [-0.15, -0.1) is 0 Å². The minimum atomic E-state index is -0.507. The number of carbonyl (C=O) groups excluding carboxylic acids is 1. The topological polar surface area (TPSA) is 110 Å². The molecule has 0 atom stereocenters. The van der Waals surface area contributed by atoms with Crippen LogP contribution in [-0.2, 0) is 4.79 Å². The van der Waals surface area contributed by atoms with E-state index in [0.29, 0.717) is 10.8 Å². The molecule has 0 aliphatic rings. The van der Waals surface area contributed by atoms with Gasteiger partial charge in [-0.2, -0.15) is 0 Å². The highest BCUT2D eigenvalue weighted by Crippen LogP contribution is 2.23. The van der Waals surface area contributed by atoms with Crippen LogP contribution in [0.1, 0.15) is 0 Å². The quantitative estimate of drug-likeness (QED) is 0.398. The largest absolute Gasteiger partial charge is 0.497 e. The Morgan fingerprint density at radius 1 is 1.36 bits per heavy atom. The molecule has 8 nitrogen and oxygen atoms in total. The number of H-pyrrole nitrogens is 1. The Hall–Kier alpha value is -3.07. The van der Waals surface area contributed by atoms with Gasteiger partial charge in [-0.05, 0) is 18.2 Å². The molecule has 0 saturated carbocycles. The Morgan fingerprint density at radius 2 is 2.20 bits per heavy atom. The Morgan fingerprint density at radius 3 is 2.96 bits per heavy atom. The molecule has 2 aromatic carbocycles. The summed E-state index contributed by atoms with van der Waals surface area (Å²) in [6, 6.07) is 11.3. The highest BCUT2D eigenvalue weighted by Gasteiger charge is 2.10. The summed E-state index contributed by atoms with van der Waals surface area (Å²) in [6.45, 7) is 0. The minimum Gasteiger partial charge on any atom is -0.497 e. The van der Waals surface area contributed by atoms with Gasteiger partial charge >= 0.3 is 0 Å². The van der Waals surface area contributed by atoms with Crippen molar-refractivity contribution in [2.45, 2.75) is 5.16 Å². The lowest BCUT2D eigenvalue weighted by molar-refractivity contribution is -0.384. The van der Waals surface area contributed by atoms with Crippen molar-refractivity contribution < 1.29 is 14.5 Å². The molecule has 1 amide bonds. The molecule has 0 aliphatic heterocycles. The Balaban J connectivity index is 1.62. The highest BCUT2D eigenvalue weighted by molar-refractivity contribution is 7.99. The molecule has 0 bridgehead atoms. The molecule has 0 saturated heterocycles. The van der Waals surface area contributed by atoms with E-state index in [4.69, 9.17) is 4.74 Å². The lowest BCUT2D eigenvalue weighted by atomic mass is 10.3. The van der Waals surface area contributed by atoms with Gasteiger partial charge in [0.25, 0.3) is 5.69 Å². The molecule has 25 heavy (non-hydrogen) atoms. The van der Waals surface area contributed by atoms with Crippen LogP contribution >= 0.6 is 11.8 Å². The number of nitrogens with one attached hydrogen (secondary N) is 2. The van der Waals surface area contributed by atoms with Gasteiger partial charge in [-0.1, -0.05) is 17.8 Å². The third-order valence-corrected chi connectivity index (χ3v) is 4.22. The minimum absolute atomic E-state index is 0.0725. The fourth-order valence-electron chi connectivity index (χ4n) is 2.19. The van der Waals surface area contributed by atoms with Crippen LogP contribution in [-0.4, -0.2) is 33.7 Å². The van der Waals surface area contributed by atoms with Crippen LogP contribution in [0.2, 0.25) is 0 Å². The standard InChI is InChI=1S/C16H14N4O4S/c1-24-12-5-6-13-14(8-12)19-16(18-13)25-9-15(21)17-10-3-2-4-11(7-10)20(22)23/h2-8H,9H2,1H3,(H,17,21)(H,18,19). The third kappa shape index (κ3) is 4.07. The van der Waals surface area contributed by atoms with Crippen molar-refractivity contribution in [1.29, 1.82) is 0 Å². The maximum Gasteiger partial charge on any atom is 0.271 e. The number of rotatable bonds is 6. The summed E-state index contributed by atoms with van der Waals surface area (Å²) in [4.78, 5) is 29.8. The van der Waals surface area contributed by atoms with Gasteiger partial charge in [-0.3, -0.25) is 14.9 Å². The van der Waals surface area contributed by atoms with Crippen molar-refractivity contribution in [3.05, 3.63) is 52.6 Å². The van der Waals surface area contributed by atoms with Crippen LogP contribution in [0, 0.1) is 10.1 Å². The fourth-order valence-corrected chi connectivity index (χ4v) is 2.87. The normalized spacial score (nSPS) is 10.6. The first-order valence-electron chi connectivity index (χ1n) is 7.26. The molecule has 128 valence electrons. The number of nitrogens with zero attached hydrogens (tertiary/aromatic N) is 2. The summed E-state index contributed by atoms with van der Waals surface area (Å²) in [5.41, 5.74) is 1.91. The molecule has 3 rings (SSSR count). The number of anilines is 1. The van der Waals surface area contributed by atoms with E-state index in [1.54, 1.807) is 13.2 Å². The Bertz CT molecular complexity index is 941. The molecule has 0 radical (unpaired) electrons. The number of amides is 1. The second-order valence-electron chi connectivity index (χ2n) is 5.07. The smallest absolute Gasteiger partial charge is 0.271 e. The molecule has 9 heteroatoms. The summed E-state index contributed by atoms with van der Waals surface area (Å²) >= 11 is 1.24. The molecule has 2 N–H and O–H groups in total. The van der Waals surface area contributed by atoms with Crippen molar-refractivity contribution in [1.82, 2.24) is 9.97 Å². The molecular weight excluding hydrogens is 344 g/mol. The number of ether oxygens (including phenoxy) is 1. The number of non-ortho nitro benzene ring substituents is 1. The van der Waals surface area contributed by atoms with E-state index in [-0.39, 0.29) is 17.3 Å². The second-order valence-corrected chi connectivity index (χ2v) is 6.03. The number of hydrogen-bond donors (Lipinski definition) is 2. The van der Waals surface area contributed by atoms with Gasteiger partial charge in [-0.25, -0.2) is 4.98 Å². The number of imidazole rings is 1. The molecule has 0 aliphatic carbocycles. The van der Waals surface area contributed by atoms with Gasteiger partial charge in [0.05, 0.1) is 28.8 Å². The molecule has 1 aromatic heterocycles. The first-order valence-corrected chi connectivity index (χ1v) is 8.24. The number of methoxy groups -OCH3 is 1. The monoisotopic (exact) mass is 358 g/mol. The van der Waals surface area contributed by atoms with Crippen LogP contribution in [0.4, 0.5) is 11.4 Å². The maximum atomic E-state index is 12.0. The van der Waals surface area contributed by atoms with Crippen LogP contribution in [0.15, 0.2) is 47.6 Å². The van der Waals surface area contributed by atoms with E-state index in [1.165, 1.54) is 30.0 Å². The number of benzene rings is 2. The van der Waals surface area contributed by atoms with Crippen molar-refractivity contribution >= 4 is 40.1 Å². The van der Waals surface area contributed by atoms with Crippen LogP contribution in [0.25, 0.3) is 11.0 Å². The van der Waals surface area contributed by atoms with Crippen LogP contribution in [0.5, 0.6) is 5.75 Å². The number of carbonyl (C=O) groups is 1. The zero-order chi connectivity index (χ0) is 17.8. The van der Waals surface area contributed by atoms with Crippen molar-refractivity contribution in [3.63, 3.8) is 0 Å². The predicted molar refractivity (Wildman–Crippen MR) is 95.1 cm³/mol. The second kappa shape index (κ2) is 7.22. The van der Waals surface area contributed by atoms with E-state index in [2.05, 4.69) is 15.3 Å². The summed E-state index contributed by atoms with van der Waals surface area (Å²) in [5.74, 6) is 0.569. The zero-order valence-corrected chi connectivity index (χ0v) is 14.0. The van der Waals surface area contributed by atoms with Gasteiger partial charge in [0, 0.05) is 23.9 Å². The van der Waals surface area contributed by atoms with Crippen LogP contribution < -0.4 is 10.1 Å². The zero-order valence-electron chi connectivity index (χ0n) is 13.2. The average Bonchev–Trinajstić information content (AvgIpc) is 3.02. The van der Waals surface area contributed by atoms with Crippen molar-refractivity contribution in [3.8, 4) is 5.75 Å². The Labute approximate surface area is 146 Å². The summed E-state index contributed by atoms with van der Waals surface area (Å²) in [5, 5.41) is 14.0. The first-order chi connectivity index (χ1) is 12.0. The van der Waals surface area contributed by atoms with Crippen molar-refractivity contribution in [2.24, 2.45) is 0 Å². The maximum absolute atomic E-state index is 12.0. The van der Waals surface area contributed by atoms with E-state index in [9.17, 15) is 14.9 Å². The van der Waals surface area contributed by atoms with Gasteiger partial charge in [0.1, 0.15) is 5.75 Å². The average molecular weight is 358 g/mol. The van der Waals surface area contributed by atoms with Crippen molar-refractivity contribution in [2.75, 3.05) is 18.2 Å². The third-order valence-electron chi connectivity index (χ3n) is 3.35. The van der Waals surface area contributed by atoms with Crippen LogP contribution in [0.3, 0.4) is 0 Å².